The molecule has 2 aliphatic heterocycles. The molecule has 0 spiro atoms. The molecule has 2 N–H and O–H groups in total. The Balaban J connectivity index is 1.42. The minimum Gasteiger partial charge on any atom is -0.344 e. The Labute approximate surface area is 192 Å². The molecule has 0 aliphatic carbocycles. The molecule has 2 saturated heterocycles. The van der Waals surface area contributed by atoms with Crippen molar-refractivity contribution in [1.82, 2.24) is 25.2 Å². The summed E-state index contributed by atoms with van der Waals surface area (Å²) in [4.78, 5) is 40.2. The highest BCUT2D eigenvalue weighted by Gasteiger charge is 2.34. The fourth-order valence-corrected chi connectivity index (χ4v) is 4.46. The van der Waals surface area contributed by atoms with Gasteiger partial charge in [-0.25, -0.2) is 9.97 Å². The number of aromatic nitrogens is 3. The average Bonchev–Trinajstić information content (AvgIpc) is 3.31. The zero-order valence-corrected chi connectivity index (χ0v) is 18.3. The number of piperidine rings is 1. The molecule has 2 atom stereocenters. The van der Waals surface area contributed by atoms with Gasteiger partial charge in [0.05, 0.1) is 5.69 Å². The molecule has 5 rings (SSSR count). The number of pyridine rings is 1. The highest BCUT2D eigenvalue weighted by molar-refractivity contribution is 5.90. The molecule has 4 heterocycles. The van der Waals surface area contributed by atoms with E-state index in [9.17, 15) is 9.59 Å². The quantitative estimate of drug-likeness (QED) is 0.629. The second-order valence-electron chi connectivity index (χ2n) is 8.51. The monoisotopic (exact) mass is 442 g/mol. The lowest BCUT2D eigenvalue weighted by Crippen LogP contribution is -2.48. The number of amides is 2. The number of para-hydroxylation sites is 1. The zero-order valence-electron chi connectivity index (χ0n) is 18.3. The maximum Gasteiger partial charge on any atom is 0.245 e. The van der Waals surface area contributed by atoms with Gasteiger partial charge in [-0.2, -0.15) is 0 Å². The Kier molecular flexibility index (Phi) is 5.97. The summed E-state index contributed by atoms with van der Waals surface area (Å²) in [7, 11) is 0. The van der Waals surface area contributed by atoms with Crippen molar-refractivity contribution in [3.63, 3.8) is 0 Å². The van der Waals surface area contributed by atoms with Gasteiger partial charge >= 0.3 is 0 Å². The van der Waals surface area contributed by atoms with Crippen LogP contribution in [0, 0.1) is 0 Å². The Morgan fingerprint density at radius 3 is 2.64 bits per heavy atom. The number of likely N-dealkylation sites (tertiary alicyclic amines) is 1. The SMILES string of the molecule is O=C1CC[C@H](C(=O)N2CCC[C@@H](c3nc(Nc4ccccc4)cc(-c4ccncc4)n3)C2)N1. The molecule has 0 radical (unpaired) electrons. The number of hydrogen-bond donors (Lipinski definition) is 2. The minimum absolute atomic E-state index is 0.00141. The zero-order chi connectivity index (χ0) is 22.6. The summed E-state index contributed by atoms with van der Waals surface area (Å²) < 4.78 is 0. The molecular weight excluding hydrogens is 416 g/mol. The molecule has 2 amide bonds. The van der Waals surface area contributed by atoms with E-state index in [1.165, 1.54) is 0 Å². The Hall–Kier alpha value is -3.81. The first-order valence-electron chi connectivity index (χ1n) is 11.4. The summed E-state index contributed by atoms with van der Waals surface area (Å²) >= 11 is 0. The second kappa shape index (κ2) is 9.36. The van der Waals surface area contributed by atoms with E-state index < -0.39 is 6.04 Å². The van der Waals surface area contributed by atoms with Crippen LogP contribution in [0.3, 0.4) is 0 Å². The van der Waals surface area contributed by atoms with Crippen LogP contribution in [0.5, 0.6) is 0 Å². The molecular formula is C25H26N6O2. The first-order chi connectivity index (χ1) is 16.2. The lowest BCUT2D eigenvalue weighted by atomic mass is 9.96. The molecule has 8 heteroatoms. The maximum atomic E-state index is 13.0. The Morgan fingerprint density at radius 2 is 1.88 bits per heavy atom. The third kappa shape index (κ3) is 4.84. The van der Waals surface area contributed by atoms with Gasteiger partial charge in [-0.15, -0.1) is 0 Å². The predicted molar refractivity (Wildman–Crippen MR) is 125 cm³/mol. The second-order valence-corrected chi connectivity index (χ2v) is 8.51. The van der Waals surface area contributed by atoms with E-state index in [1.807, 2.05) is 53.4 Å². The van der Waals surface area contributed by atoms with Crippen LogP contribution in [0.15, 0.2) is 60.9 Å². The van der Waals surface area contributed by atoms with Gasteiger partial charge in [0, 0.05) is 55.1 Å². The minimum atomic E-state index is -0.407. The average molecular weight is 443 g/mol. The number of hydrogen-bond acceptors (Lipinski definition) is 6. The van der Waals surface area contributed by atoms with Crippen LogP contribution in [0.4, 0.5) is 11.5 Å². The van der Waals surface area contributed by atoms with Crippen molar-refractivity contribution in [1.29, 1.82) is 0 Å². The number of carbonyl (C=O) groups is 2. The fourth-order valence-electron chi connectivity index (χ4n) is 4.46. The lowest BCUT2D eigenvalue weighted by molar-refractivity contribution is -0.135. The lowest BCUT2D eigenvalue weighted by Gasteiger charge is -2.33. The third-order valence-corrected chi connectivity index (χ3v) is 6.16. The normalized spacial score (nSPS) is 20.4. The molecule has 33 heavy (non-hydrogen) atoms. The van der Waals surface area contributed by atoms with Gasteiger partial charge in [0.1, 0.15) is 17.7 Å². The van der Waals surface area contributed by atoms with Gasteiger partial charge < -0.3 is 15.5 Å². The Morgan fingerprint density at radius 1 is 1.06 bits per heavy atom. The molecule has 8 nitrogen and oxygen atoms in total. The molecule has 0 bridgehead atoms. The number of nitrogens with one attached hydrogen (secondary N) is 2. The van der Waals surface area contributed by atoms with Crippen LogP contribution in [-0.4, -0.2) is 50.8 Å². The van der Waals surface area contributed by atoms with Gasteiger partial charge in [0.15, 0.2) is 0 Å². The highest BCUT2D eigenvalue weighted by atomic mass is 16.2. The largest absolute Gasteiger partial charge is 0.344 e. The van der Waals surface area contributed by atoms with Crippen molar-refractivity contribution in [2.45, 2.75) is 37.6 Å². The van der Waals surface area contributed by atoms with Gasteiger partial charge in [0.25, 0.3) is 0 Å². The van der Waals surface area contributed by atoms with E-state index in [0.717, 1.165) is 35.6 Å². The summed E-state index contributed by atoms with van der Waals surface area (Å²) in [6, 6.07) is 15.3. The molecule has 2 fully saturated rings. The van der Waals surface area contributed by atoms with Crippen LogP contribution in [0.1, 0.15) is 37.4 Å². The van der Waals surface area contributed by atoms with Crippen molar-refractivity contribution in [3.05, 3.63) is 66.7 Å². The number of nitrogens with zero attached hydrogens (tertiary/aromatic N) is 4. The summed E-state index contributed by atoms with van der Waals surface area (Å²) in [6.45, 7) is 1.25. The van der Waals surface area contributed by atoms with Gasteiger partial charge in [-0.3, -0.25) is 14.6 Å². The number of benzene rings is 1. The first kappa shape index (κ1) is 21.1. The van der Waals surface area contributed by atoms with Crippen molar-refractivity contribution in [2.75, 3.05) is 18.4 Å². The summed E-state index contributed by atoms with van der Waals surface area (Å²) in [5.74, 6) is 1.41. The predicted octanol–water partition coefficient (Wildman–Crippen LogP) is 3.27. The summed E-state index contributed by atoms with van der Waals surface area (Å²) in [6.07, 6.45) is 6.26. The summed E-state index contributed by atoms with van der Waals surface area (Å²) in [5, 5.41) is 6.18. The van der Waals surface area contributed by atoms with Gasteiger partial charge in [-0.1, -0.05) is 18.2 Å². The van der Waals surface area contributed by atoms with Crippen LogP contribution in [0.2, 0.25) is 0 Å². The third-order valence-electron chi connectivity index (χ3n) is 6.16. The van der Waals surface area contributed by atoms with Crippen molar-refractivity contribution >= 4 is 23.3 Å². The highest BCUT2D eigenvalue weighted by Crippen LogP contribution is 2.29. The molecule has 0 saturated carbocycles. The van der Waals surface area contributed by atoms with E-state index in [2.05, 4.69) is 15.6 Å². The molecule has 3 aromatic rings. The van der Waals surface area contributed by atoms with E-state index in [-0.39, 0.29) is 17.7 Å². The molecule has 2 aliphatic rings. The van der Waals surface area contributed by atoms with Crippen molar-refractivity contribution < 1.29 is 9.59 Å². The van der Waals surface area contributed by atoms with Crippen LogP contribution in [-0.2, 0) is 9.59 Å². The van der Waals surface area contributed by atoms with Crippen LogP contribution in [0.25, 0.3) is 11.3 Å². The smallest absolute Gasteiger partial charge is 0.245 e. The van der Waals surface area contributed by atoms with E-state index in [0.29, 0.717) is 31.7 Å². The topological polar surface area (TPSA) is 100 Å². The van der Waals surface area contributed by atoms with Crippen LogP contribution >= 0.6 is 0 Å². The Bertz CT molecular complexity index is 1140. The van der Waals surface area contributed by atoms with Crippen molar-refractivity contribution in [2.24, 2.45) is 0 Å². The standard InChI is InChI=1S/C25H26N6O2/c32-23-9-8-20(28-23)25(33)31-14-4-5-18(16-31)24-29-21(17-10-12-26-13-11-17)15-22(30-24)27-19-6-2-1-3-7-19/h1-3,6-7,10-13,15,18,20H,4-5,8-9,14,16H2,(H,28,32)(H,27,29,30)/t18-,20-/m1/s1. The van der Waals surface area contributed by atoms with E-state index in [1.54, 1.807) is 12.4 Å². The number of carbonyl (C=O) groups excluding carboxylic acids is 2. The van der Waals surface area contributed by atoms with Gasteiger partial charge in [-0.05, 0) is 43.5 Å². The fraction of sp³-hybridized carbons (Fsp3) is 0.320. The van der Waals surface area contributed by atoms with Crippen LogP contribution < -0.4 is 10.6 Å². The maximum absolute atomic E-state index is 13.0. The van der Waals surface area contributed by atoms with E-state index >= 15 is 0 Å². The van der Waals surface area contributed by atoms with Gasteiger partial charge in [0.2, 0.25) is 11.8 Å². The molecule has 1 aromatic carbocycles. The molecule has 0 unspecified atom stereocenters. The van der Waals surface area contributed by atoms with E-state index in [4.69, 9.17) is 9.97 Å². The number of anilines is 2. The first-order valence-corrected chi connectivity index (χ1v) is 11.4. The van der Waals surface area contributed by atoms with Crippen molar-refractivity contribution in [3.8, 4) is 11.3 Å². The molecule has 168 valence electrons. The molecule has 2 aromatic heterocycles. The number of rotatable bonds is 5. The summed E-state index contributed by atoms with van der Waals surface area (Å²) in [5.41, 5.74) is 2.72.